The lowest BCUT2D eigenvalue weighted by molar-refractivity contribution is -0.130. The molecule has 4 rings (SSSR count). The zero-order chi connectivity index (χ0) is 14.6. The van der Waals surface area contributed by atoms with Crippen LogP contribution in [0.5, 0.6) is 0 Å². The van der Waals surface area contributed by atoms with Gasteiger partial charge in [-0.05, 0) is 69.6 Å². The normalized spacial score (nSPS) is 42.8. The van der Waals surface area contributed by atoms with Crippen LogP contribution < -0.4 is 5.32 Å². The van der Waals surface area contributed by atoms with E-state index in [1.54, 1.807) is 0 Å². The van der Waals surface area contributed by atoms with E-state index in [2.05, 4.69) is 21.2 Å². The number of nitrogens with one attached hydrogen (secondary N) is 1. The molecule has 0 radical (unpaired) electrons. The van der Waals surface area contributed by atoms with Gasteiger partial charge in [-0.25, -0.2) is 0 Å². The van der Waals surface area contributed by atoms with Crippen LogP contribution >= 0.6 is 15.9 Å². The minimum absolute atomic E-state index is 0.0145. The topological polar surface area (TPSA) is 49.3 Å². The summed E-state index contributed by atoms with van der Waals surface area (Å²) in [5.41, 5.74) is -0.297. The summed E-state index contributed by atoms with van der Waals surface area (Å²) in [5, 5.41) is 12.3. The van der Waals surface area contributed by atoms with E-state index in [1.807, 2.05) is 13.8 Å². The minimum atomic E-state index is -0.508. The Morgan fingerprint density at radius 2 is 1.90 bits per heavy atom. The molecule has 0 aromatic carbocycles. The second-order valence-electron chi connectivity index (χ2n) is 8.38. The van der Waals surface area contributed by atoms with Gasteiger partial charge in [-0.1, -0.05) is 15.9 Å². The smallest absolute Gasteiger partial charge is 0.221 e. The number of carbonyl (C=O) groups is 1. The Hall–Kier alpha value is -0.0900. The van der Waals surface area contributed by atoms with E-state index in [9.17, 15) is 9.90 Å². The first-order valence-corrected chi connectivity index (χ1v) is 8.63. The highest BCUT2D eigenvalue weighted by Gasteiger charge is 2.57. The Morgan fingerprint density at radius 1 is 1.30 bits per heavy atom. The summed E-state index contributed by atoms with van der Waals surface area (Å²) in [6, 6.07) is 0. The third kappa shape index (κ3) is 2.78. The first-order valence-electron chi connectivity index (χ1n) is 7.84. The number of halogens is 1. The fraction of sp³-hybridized carbons (Fsp3) is 0.938. The number of amides is 1. The maximum absolute atomic E-state index is 12.4. The van der Waals surface area contributed by atoms with Crippen molar-refractivity contribution < 1.29 is 9.90 Å². The second-order valence-corrected chi connectivity index (χ2v) is 10.1. The van der Waals surface area contributed by atoms with Crippen molar-refractivity contribution in [3.8, 4) is 0 Å². The van der Waals surface area contributed by atoms with Crippen LogP contribution in [-0.4, -0.2) is 27.5 Å². The lowest BCUT2D eigenvalue weighted by Gasteiger charge is -2.60. The zero-order valence-electron chi connectivity index (χ0n) is 12.5. The largest absolute Gasteiger partial charge is 0.394 e. The van der Waals surface area contributed by atoms with Gasteiger partial charge in [0.25, 0.3) is 0 Å². The fourth-order valence-corrected chi connectivity index (χ4v) is 6.85. The Labute approximate surface area is 130 Å². The highest BCUT2D eigenvalue weighted by molar-refractivity contribution is 9.10. The Kier molecular flexibility index (Phi) is 3.49. The van der Waals surface area contributed by atoms with Crippen molar-refractivity contribution in [3.05, 3.63) is 0 Å². The van der Waals surface area contributed by atoms with Gasteiger partial charge >= 0.3 is 0 Å². The SMILES string of the molecule is CC(C)(CO)NC(=O)CC12C[C@@H]3C[C@@H](CC(Br)(C3)C1)C2. The van der Waals surface area contributed by atoms with Gasteiger partial charge in [0.2, 0.25) is 5.91 Å². The molecule has 2 N–H and O–H groups in total. The van der Waals surface area contributed by atoms with Gasteiger partial charge in [-0.2, -0.15) is 0 Å². The summed E-state index contributed by atoms with van der Waals surface area (Å²) in [6.07, 6.45) is 8.22. The molecular formula is C16H26BrNO2. The standard InChI is InChI=1S/C16H26BrNO2/c1-14(2,10-19)18-13(20)8-15-4-11-3-12(5-15)7-16(17,6-11)9-15/h11-12,19H,3-10H2,1-2H3,(H,18,20)/t11-,12+,15?,16?. The van der Waals surface area contributed by atoms with Crippen molar-refractivity contribution in [2.75, 3.05) is 6.61 Å². The number of aliphatic hydroxyl groups excluding tert-OH is 1. The molecule has 4 fully saturated rings. The fourth-order valence-electron chi connectivity index (χ4n) is 5.34. The molecule has 3 nitrogen and oxygen atoms in total. The molecule has 0 spiro atoms. The number of hydrogen-bond acceptors (Lipinski definition) is 2. The van der Waals surface area contributed by atoms with E-state index in [0.29, 0.717) is 10.7 Å². The number of rotatable bonds is 4. The molecule has 4 saturated carbocycles. The molecule has 4 aliphatic rings. The van der Waals surface area contributed by atoms with Gasteiger partial charge in [0.15, 0.2) is 0 Å². The number of aliphatic hydroxyl groups is 1. The van der Waals surface area contributed by atoms with E-state index in [-0.39, 0.29) is 17.9 Å². The average Bonchev–Trinajstić information content (AvgIpc) is 2.23. The molecule has 0 aromatic heterocycles. The number of hydrogen-bond donors (Lipinski definition) is 2. The molecule has 0 aromatic rings. The third-order valence-electron chi connectivity index (χ3n) is 5.52. The molecule has 4 atom stereocenters. The first-order chi connectivity index (χ1) is 9.23. The highest BCUT2D eigenvalue weighted by Crippen LogP contribution is 2.65. The van der Waals surface area contributed by atoms with Crippen LogP contribution in [0.25, 0.3) is 0 Å². The summed E-state index contributed by atoms with van der Waals surface area (Å²) in [6.45, 7) is 3.73. The number of alkyl halides is 1. The van der Waals surface area contributed by atoms with Crippen molar-refractivity contribution in [3.63, 3.8) is 0 Å². The first kappa shape index (κ1) is 14.8. The van der Waals surface area contributed by atoms with Crippen LogP contribution in [0.4, 0.5) is 0 Å². The molecular weight excluding hydrogens is 318 g/mol. The maximum atomic E-state index is 12.4. The van der Waals surface area contributed by atoms with Crippen molar-refractivity contribution in [2.24, 2.45) is 17.3 Å². The third-order valence-corrected chi connectivity index (χ3v) is 6.45. The Bertz CT molecular complexity index is 407. The molecule has 4 heteroatoms. The van der Waals surface area contributed by atoms with Crippen LogP contribution in [0.3, 0.4) is 0 Å². The molecule has 0 aliphatic heterocycles. The quantitative estimate of drug-likeness (QED) is 0.771. The number of carbonyl (C=O) groups excluding carboxylic acids is 1. The maximum Gasteiger partial charge on any atom is 0.221 e. The minimum Gasteiger partial charge on any atom is -0.394 e. The van der Waals surface area contributed by atoms with Crippen molar-refractivity contribution in [1.82, 2.24) is 5.32 Å². The summed E-state index contributed by atoms with van der Waals surface area (Å²) < 4.78 is 0.309. The van der Waals surface area contributed by atoms with Gasteiger partial charge in [0.05, 0.1) is 12.1 Å². The highest BCUT2D eigenvalue weighted by atomic mass is 79.9. The van der Waals surface area contributed by atoms with Crippen molar-refractivity contribution in [2.45, 2.75) is 68.7 Å². The van der Waals surface area contributed by atoms with Crippen LogP contribution in [0.2, 0.25) is 0 Å². The van der Waals surface area contributed by atoms with E-state index in [0.717, 1.165) is 18.3 Å². The zero-order valence-corrected chi connectivity index (χ0v) is 14.1. The lowest BCUT2D eigenvalue weighted by atomic mass is 9.48. The molecule has 1 amide bonds. The molecule has 2 unspecified atom stereocenters. The van der Waals surface area contributed by atoms with Gasteiger partial charge < -0.3 is 10.4 Å². The van der Waals surface area contributed by atoms with Crippen LogP contribution in [0, 0.1) is 17.3 Å². The monoisotopic (exact) mass is 343 g/mol. The van der Waals surface area contributed by atoms with Gasteiger partial charge in [0, 0.05) is 10.7 Å². The Morgan fingerprint density at radius 3 is 2.40 bits per heavy atom. The molecule has 0 heterocycles. The molecule has 20 heavy (non-hydrogen) atoms. The summed E-state index contributed by atoms with van der Waals surface area (Å²) >= 11 is 3.99. The molecule has 114 valence electrons. The Balaban J connectivity index is 1.69. The van der Waals surface area contributed by atoms with E-state index in [4.69, 9.17) is 0 Å². The van der Waals surface area contributed by atoms with E-state index >= 15 is 0 Å². The van der Waals surface area contributed by atoms with E-state index < -0.39 is 5.54 Å². The summed E-state index contributed by atoms with van der Waals surface area (Å²) in [5.74, 6) is 1.74. The second kappa shape index (κ2) is 4.70. The molecule has 0 saturated heterocycles. The predicted molar refractivity (Wildman–Crippen MR) is 82.7 cm³/mol. The van der Waals surface area contributed by atoms with Gasteiger partial charge in [-0.15, -0.1) is 0 Å². The summed E-state index contributed by atoms with van der Waals surface area (Å²) in [7, 11) is 0. The predicted octanol–water partition coefficient (Wildman–Crippen LogP) is 3.00. The molecule has 4 bridgehead atoms. The van der Waals surface area contributed by atoms with Crippen molar-refractivity contribution in [1.29, 1.82) is 0 Å². The summed E-state index contributed by atoms with van der Waals surface area (Å²) in [4.78, 5) is 12.4. The van der Waals surface area contributed by atoms with Crippen LogP contribution in [0.15, 0.2) is 0 Å². The van der Waals surface area contributed by atoms with Gasteiger partial charge in [-0.3, -0.25) is 4.79 Å². The van der Waals surface area contributed by atoms with Crippen LogP contribution in [-0.2, 0) is 4.79 Å². The van der Waals surface area contributed by atoms with E-state index in [1.165, 1.54) is 32.1 Å². The van der Waals surface area contributed by atoms with Crippen LogP contribution in [0.1, 0.15) is 58.8 Å². The average molecular weight is 344 g/mol. The van der Waals surface area contributed by atoms with Crippen molar-refractivity contribution >= 4 is 21.8 Å². The van der Waals surface area contributed by atoms with Gasteiger partial charge in [0.1, 0.15) is 0 Å². The molecule has 4 aliphatic carbocycles. The lowest BCUT2D eigenvalue weighted by Crippen LogP contribution is -2.55.